The fourth-order valence-corrected chi connectivity index (χ4v) is 5.79. The third-order valence-electron chi connectivity index (χ3n) is 5.34. The van der Waals surface area contributed by atoms with Crippen molar-refractivity contribution in [3.63, 3.8) is 0 Å². The van der Waals surface area contributed by atoms with E-state index in [1.807, 2.05) is 0 Å². The van der Waals surface area contributed by atoms with E-state index in [9.17, 15) is 0 Å². The number of nitrogens with zero attached hydrogens (tertiary/aromatic N) is 2. The van der Waals surface area contributed by atoms with Crippen molar-refractivity contribution in [3.05, 3.63) is 20.8 Å². The Bertz CT molecular complexity index is 578. The van der Waals surface area contributed by atoms with Crippen LogP contribution in [0.25, 0.3) is 0 Å². The lowest BCUT2D eigenvalue weighted by Crippen LogP contribution is -2.41. The second-order valence-corrected chi connectivity index (χ2v) is 9.26. The maximum absolute atomic E-state index is 6.08. The summed E-state index contributed by atoms with van der Waals surface area (Å²) in [6.07, 6.45) is 4.57. The van der Waals surface area contributed by atoms with E-state index in [-0.39, 0.29) is 24.0 Å². The number of thiophene rings is 1. The van der Waals surface area contributed by atoms with Gasteiger partial charge in [-0.3, -0.25) is 4.99 Å². The van der Waals surface area contributed by atoms with Crippen LogP contribution in [0.3, 0.4) is 0 Å². The Morgan fingerprint density at radius 2 is 2.04 bits per heavy atom. The van der Waals surface area contributed by atoms with Crippen molar-refractivity contribution in [2.45, 2.75) is 38.4 Å². The van der Waals surface area contributed by atoms with Gasteiger partial charge in [0.05, 0.1) is 16.0 Å². The molecule has 0 saturated carbocycles. The Morgan fingerprint density at radius 3 is 2.62 bits per heavy atom. The van der Waals surface area contributed by atoms with Gasteiger partial charge in [-0.1, -0.05) is 0 Å². The van der Waals surface area contributed by atoms with Crippen LogP contribution in [0, 0.1) is 11.8 Å². The number of aliphatic imine (C=N–C) groups is 1. The van der Waals surface area contributed by atoms with E-state index in [2.05, 4.69) is 45.2 Å². The van der Waals surface area contributed by atoms with Gasteiger partial charge in [0.15, 0.2) is 5.96 Å². The molecule has 0 aliphatic carbocycles. The van der Waals surface area contributed by atoms with Gasteiger partial charge in [0.25, 0.3) is 0 Å². The van der Waals surface area contributed by atoms with Crippen LogP contribution in [0.4, 0.5) is 0 Å². The predicted molar refractivity (Wildman–Crippen MR) is 114 cm³/mol. The summed E-state index contributed by atoms with van der Waals surface area (Å²) in [6.45, 7) is 6.16. The zero-order valence-electron chi connectivity index (χ0n) is 13.9. The van der Waals surface area contributed by atoms with E-state index in [1.54, 1.807) is 11.3 Å². The van der Waals surface area contributed by atoms with Crippen molar-refractivity contribution in [1.29, 1.82) is 0 Å². The summed E-state index contributed by atoms with van der Waals surface area (Å²) in [5.41, 5.74) is 0. The molecule has 3 aliphatic heterocycles. The summed E-state index contributed by atoms with van der Waals surface area (Å²) in [5, 5.41) is 3.48. The molecular formula is C17H25BrIN3OS. The molecule has 24 heavy (non-hydrogen) atoms. The summed E-state index contributed by atoms with van der Waals surface area (Å²) in [4.78, 5) is 8.74. The van der Waals surface area contributed by atoms with Crippen molar-refractivity contribution < 1.29 is 4.74 Å². The molecule has 1 aromatic heterocycles. The molecule has 1 N–H and O–H groups in total. The third kappa shape index (κ3) is 3.78. The van der Waals surface area contributed by atoms with Crippen LogP contribution in [0.5, 0.6) is 0 Å². The van der Waals surface area contributed by atoms with Crippen molar-refractivity contribution >= 4 is 57.2 Å². The number of hydrogen-bond acceptors (Lipinski definition) is 3. The lowest BCUT2D eigenvalue weighted by Gasteiger charge is -2.23. The van der Waals surface area contributed by atoms with Gasteiger partial charge in [0.1, 0.15) is 0 Å². The van der Waals surface area contributed by atoms with E-state index in [4.69, 9.17) is 9.73 Å². The molecule has 4 rings (SSSR count). The molecule has 0 amide bonds. The van der Waals surface area contributed by atoms with Gasteiger partial charge in [-0.25, -0.2) is 0 Å². The highest BCUT2D eigenvalue weighted by Crippen LogP contribution is 2.47. The first-order valence-corrected chi connectivity index (χ1v) is 10.3. The smallest absolute Gasteiger partial charge is 0.193 e. The number of fused-ring (bicyclic) bond motifs is 5. The van der Waals surface area contributed by atoms with Gasteiger partial charge in [0, 0.05) is 49.3 Å². The minimum absolute atomic E-state index is 0. The fraction of sp³-hybridized carbons (Fsp3) is 0.706. The minimum atomic E-state index is 0. The van der Waals surface area contributed by atoms with Crippen LogP contribution in [-0.2, 0) is 11.2 Å². The van der Waals surface area contributed by atoms with E-state index in [1.165, 1.54) is 21.5 Å². The van der Waals surface area contributed by atoms with Crippen LogP contribution in [0.1, 0.15) is 24.6 Å². The second kappa shape index (κ2) is 8.22. The number of hydrogen-bond donors (Lipinski definition) is 1. The van der Waals surface area contributed by atoms with Crippen molar-refractivity contribution in [2.75, 3.05) is 26.2 Å². The monoisotopic (exact) mass is 525 g/mol. The Kier molecular flexibility index (Phi) is 6.48. The molecule has 3 fully saturated rings. The maximum Gasteiger partial charge on any atom is 0.193 e. The molecule has 1 aromatic rings. The first-order valence-electron chi connectivity index (χ1n) is 8.67. The van der Waals surface area contributed by atoms with E-state index in [0.29, 0.717) is 12.2 Å². The summed E-state index contributed by atoms with van der Waals surface area (Å²) < 4.78 is 7.28. The Hall–Kier alpha value is 0.140. The molecule has 4 nitrogen and oxygen atoms in total. The Labute approximate surface area is 173 Å². The van der Waals surface area contributed by atoms with E-state index >= 15 is 0 Å². The van der Waals surface area contributed by atoms with Crippen molar-refractivity contribution in [3.8, 4) is 0 Å². The van der Waals surface area contributed by atoms with Crippen LogP contribution in [0.2, 0.25) is 0 Å². The lowest BCUT2D eigenvalue weighted by molar-refractivity contribution is 0.0767. The van der Waals surface area contributed by atoms with Gasteiger partial charge in [-0.15, -0.1) is 35.3 Å². The highest BCUT2D eigenvalue weighted by molar-refractivity contribution is 14.0. The molecule has 3 aliphatic rings. The van der Waals surface area contributed by atoms with Gasteiger partial charge in [0.2, 0.25) is 0 Å². The zero-order valence-corrected chi connectivity index (χ0v) is 18.6. The SMILES string of the molecule is CCNC(=NCCc1ccc(Br)s1)N1CC2C3CCC(O3)C2C1.I. The minimum Gasteiger partial charge on any atom is -0.374 e. The fourth-order valence-electron chi connectivity index (χ4n) is 4.32. The van der Waals surface area contributed by atoms with Crippen LogP contribution in [-0.4, -0.2) is 49.2 Å². The molecule has 4 heterocycles. The first kappa shape index (κ1) is 18.9. The summed E-state index contributed by atoms with van der Waals surface area (Å²) in [6, 6.07) is 4.30. The van der Waals surface area contributed by atoms with Crippen LogP contribution >= 0.6 is 51.2 Å². The van der Waals surface area contributed by atoms with Gasteiger partial charge < -0.3 is 15.0 Å². The van der Waals surface area contributed by atoms with Crippen LogP contribution < -0.4 is 5.32 Å². The molecule has 0 aromatic carbocycles. The highest BCUT2D eigenvalue weighted by Gasteiger charge is 2.53. The van der Waals surface area contributed by atoms with Crippen molar-refractivity contribution in [1.82, 2.24) is 10.2 Å². The molecule has 2 bridgehead atoms. The number of halogens is 2. The zero-order chi connectivity index (χ0) is 15.8. The quantitative estimate of drug-likeness (QED) is 0.369. The van der Waals surface area contributed by atoms with Gasteiger partial charge in [-0.2, -0.15) is 0 Å². The average molecular weight is 526 g/mol. The second-order valence-electron chi connectivity index (χ2n) is 6.71. The topological polar surface area (TPSA) is 36.9 Å². The Morgan fingerprint density at radius 1 is 1.33 bits per heavy atom. The predicted octanol–water partition coefficient (Wildman–Crippen LogP) is 3.75. The lowest BCUT2D eigenvalue weighted by atomic mass is 9.82. The molecule has 7 heteroatoms. The normalized spacial score (nSPS) is 31.2. The Balaban J connectivity index is 0.00000169. The van der Waals surface area contributed by atoms with Gasteiger partial charge >= 0.3 is 0 Å². The number of ether oxygens (including phenoxy) is 1. The standard InChI is InChI=1S/C17H24BrN3OS.HI/c1-2-19-17(20-8-7-11-3-6-16(18)23-11)21-9-12-13(10-21)15-5-4-14(12)22-15;/h3,6,12-15H,2,4-5,7-10H2,1H3,(H,19,20);1H. The molecule has 3 saturated heterocycles. The molecule has 0 radical (unpaired) electrons. The average Bonchev–Trinajstić information content (AvgIpc) is 3.28. The highest BCUT2D eigenvalue weighted by atomic mass is 127. The number of likely N-dealkylation sites (tertiary alicyclic amines) is 1. The largest absolute Gasteiger partial charge is 0.374 e. The maximum atomic E-state index is 6.08. The summed E-state index contributed by atoms with van der Waals surface area (Å²) in [5.74, 6) is 2.55. The molecule has 4 atom stereocenters. The van der Waals surface area contributed by atoms with E-state index < -0.39 is 0 Å². The molecule has 4 unspecified atom stereocenters. The van der Waals surface area contributed by atoms with Crippen molar-refractivity contribution in [2.24, 2.45) is 16.8 Å². The third-order valence-corrected chi connectivity index (χ3v) is 7.02. The van der Waals surface area contributed by atoms with E-state index in [0.717, 1.165) is 50.4 Å². The molecule has 134 valence electrons. The summed E-state index contributed by atoms with van der Waals surface area (Å²) in [7, 11) is 0. The number of rotatable bonds is 4. The molecule has 0 spiro atoms. The molecular weight excluding hydrogens is 501 g/mol. The number of guanidine groups is 1. The first-order chi connectivity index (χ1) is 11.2. The van der Waals surface area contributed by atoms with Gasteiger partial charge in [-0.05, 0) is 47.8 Å². The van der Waals surface area contributed by atoms with Crippen LogP contribution in [0.15, 0.2) is 20.9 Å². The summed E-state index contributed by atoms with van der Waals surface area (Å²) >= 11 is 5.33. The number of nitrogens with one attached hydrogen (secondary N) is 1.